The Bertz CT molecular complexity index is 240. The van der Waals surface area contributed by atoms with E-state index in [-0.39, 0.29) is 16.8 Å². The summed E-state index contributed by atoms with van der Waals surface area (Å²) in [5, 5.41) is 8.51. The van der Waals surface area contributed by atoms with Crippen LogP contribution < -0.4 is 0 Å². The van der Waals surface area contributed by atoms with E-state index in [1.54, 1.807) is 13.8 Å². The van der Waals surface area contributed by atoms with Gasteiger partial charge in [-0.1, -0.05) is 70.4 Å². The van der Waals surface area contributed by atoms with Gasteiger partial charge in [0.1, 0.15) is 0 Å². The molecule has 0 aromatic heterocycles. The number of carbonyl (C=O) groups is 1. The van der Waals surface area contributed by atoms with Crippen LogP contribution in [0.3, 0.4) is 0 Å². The van der Waals surface area contributed by atoms with E-state index < -0.39 is 5.97 Å². The molecule has 3 heteroatoms. The zero-order valence-corrected chi connectivity index (χ0v) is 18.2. The van der Waals surface area contributed by atoms with Crippen LogP contribution in [0.2, 0.25) is 0 Å². The Kier molecular flexibility index (Phi) is 45.3. The number of carboxylic acids is 1. The van der Waals surface area contributed by atoms with Gasteiger partial charge in [-0.3, -0.25) is 4.79 Å². The van der Waals surface area contributed by atoms with Gasteiger partial charge in [0.15, 0.2) is 0 Å². The standard InChI is InChI=1S/C18H34O2.2C2H5.Co/c1-2-3-4-5-6-7-8-9-10-11-12-13-14-15-16-17-18(19)20;2*1-2;/h9-10H,2-8,11-17H2,1H3,(H,19,20);2*1H2,2H3;/q;2*-1;+2/b10-9-;;;. The fraction of sp³-hybridized carbons (Fsp3) is 0.773. The summed E-state index contributed by atoms with van der Waals surface area (Å²) in [5.74, 6) is -0.664. The molecule has 1 radical (unpaired) electrons. The normalized spacial score (nSPS) is 9.48. The van der Waals surface area contributed by atoms with Gasteiger partial charge in [-0.25, -0.2) is 0 Å². The molecule has 0 aliphatic rings. The van der Waals surface area contributed by atoms with Crippen LogP contribution in [0, 0.1) is 13.8 Å². The summed E-state index contributed by atoms with van der Waals surface area (Å²) in [4.78, 5) is 10.3. The van der Waals surface area contributed by atoms with E-state index in [1.807, 2.05) is 0 Å². The maximum Gasteiger partial charge on any atom is 2.00 e. The molecule has 0 bridgehead atoms. The molecule has 0 saturated carbocycles. The third-order valence-electron chi connectivity index (χ3n) is 3.65. The van der Waals surface area contributed by atoms with Crippen LogP contribution >= 0.6 is 0 Å². The van der Waals surface area contributed by atoms with Crippen molar-refractivity contribution in [2.45, 2.75) is 111 Å². The van der Waals surface area contributed by atoms with Crippen molar-refractivity contribution < 1.29 is 26.7 Å². The second-order valence-electron chi connectivity index (χ2n) is 5.73. The molecule has 0 amide bonds. The van der Waals surface area contributed by atoms with E-state index in [2.05, 4.69) is 32.9 Å². The number of aliphatic carboxylic acids is 1. The Labute approximate surface area is 169 Å². The molecular weight excluding hydrogens is 355 g/mol. The summed E-state index contributed by atoms with van der Waals surface area (Å²) in [5.41, 5.74) is 0. The molecule has 0 aliphatic carbocycles. The van der Waals surface area contributed by atoms with Crippen molar-refractivity contribution in [3.05, 3.63) is 26.0 Å². The zero-order valence-electron chi connectivity index (χ0n) is 17.2. The van der Waals surface area contributed by atoms with Gasteiger partial charge in [0, 0.05) is 6.42 Å². The number of rotatable bonds is 15. The molecule has 0 spiro atoms. The van der Waals surface area contributed by atoms with Gasteiger partial charge < -0.3 is 19.0 Å². The molecular formula is C22H44CoO2. The predicted octanol–water partition coefficient (Wildman–Crippen LogP) is 7.79. The average Bonchev–Trinajstić information content (AvgIpc) is 2.61. The summed E-state index contributed by atoms with van der Waals surface area (Å²) in [6.45, 7) is 12.3. The van der Waals surface area contributed by atoms with Crippen molar-refractivity contribution >= 4 is 5.97 Å². The average molecular weight is 400 g/mol. The second kappa shape index (κ2) is 34.9. The zero-order chi connectivity index (χ0) is 18.9. The molecule has 0 atom stereocenters. The number of hydrogen-bond acceptors (Lipinski definition) is 1. The van der Waals surface area contributed by atoms with Gasteiger partial charge in [0.2, 0.25) is 0 Å². The van der Waals surface area contributed by atoms with Crippen molar-refractivity contribution in [1.29, 1.82) is 0 Å². The maximum atomic E-state index is 10.3. The molecule has 0 saturated heterocycles. The van der Waals surface area contributed by atoms with Gasteiger partial charge in [0.05, 0.1) is 0 Å². The Morgan fingerprint density at radius 3 is 1.48 bits per heavy atom. The van der Waals surface area contributed by atoms with Crippen molar-refractivity contribution in [1.82, 2.24) is 0 Å². The molecule has 2 nitrogen and oxygen atoms in total. The van der Waals surface area contributed by atoms with E-state index in [4.69, 9.17) is 5.11 Å². The van der Waals surface area contributed by atoms with Gasteiger partial charge in [-0.15, -0.1) is 0 Å². The minimum absolute atomic E-state index is 0. The predicted molar refractivity (Wildman–Crippen MR) is 109 cm³/mol. The molecule has 0 rings (SSSR count). The van der Waals surface area contributed by atoms with Crippen LogP contribution in [0.4, 0.5) is 0 Å². The van der Waals surface area contributed by atoms with Crippen molar-refractivity contribution in [2.24, 2.45) is 0 Å². The van der Waals surface area contributed by atoms with Crippen molar-refractivity contribution in [3.8, 4) is 0 Å². The number of carboxylic acid groups (broad SMARTS) is 1. The van der Waals surface area contributed by atoms with Crippen LogP contribution in [0.1, 0.15) is 111 Å². The topological polar surface area (TPSA) is 37.3 Å². The molecule has 0 aromatic carbocycles. The molecule has 0 aromatic rings. The summed E-state index contributed by atoms with van der Waals surface area (Å²) in [6, 6.07) is 0. The molecule has 0 heterocycles. The first kappa shape index (κ1) is 32.4. The molecule has 25 heavy (non-hydrogen) atoms. The third-order valence-corrected chi connectivity index (χ3v) is 3.65. The summed E-state index contributed by atoms with van der Waals surface area (Å²) in [6.07, 6.45) is 21.2. The minimum atomic E-state index is -0.664. The fourth-order valence-corrected chi connectivity index (χ4v) is 2.35. The Hall–Kier alpha value is -0.284. The molecule has 0 unspecified atom stereocenters. The van der Waals surface area contributed by atoms with E-state index in [9.17, 15) is 4.79 Å². The van der Waals surface area contributed by atoms with Crippen molar-refractivity contribution in [3.63, 3.8) is 0 Å². The first-order chi connectivity index (χ1) is 11.8. The third kappa shape index (κ3) is 40.0. The van der Waals surface area contributed by atoms with Gasteiger partial charge >= 0.3 is 22.7 Å². The summed E-state index contributed by atoms with van der Waals surface area (Å²) in [7, 11) is 0. The van der Waals surface area contributed by atoms with E-state index in [1.165, 1.54) is 70.6 Å². The first-order valence-electron chi connectivity index (χ1n) is 10.1. The summed E-state index contributed by atoms with van der Waals surface area (Å²) >= 11 is 0. The molecule has 0 aliphatic heterocycles. The van der Waals surface area contributed by atoms with E-state index in [0.717, 1.165) is 12.8 Å². The Balaban J connectivity index is -0.000000408. The van der Waals surface area contributed by atoms with Gasteiger partial charge in [-0.2, -0.15) is 13.8 Å². The van der Waals surface area contributed by atoms with Crippen LogP contribution in [0.5, 0.6) is 0 Å². The molecule has 153 valence electrons. The Morgan fingerprint density at radius 2 is 1.08 bits per heavy atom. The van der Waals surface area contributed by atoms with Crippen LogP contribution in [0.15, 0.2) is 12.2 Å². The number of allylic oxidation sites excluding steroid dienone is 2. The summed E-state index contributed by atoms with van der Waals surface area (Å²) < 4.78 is 0. The maximum absolute atomic E-state index is 10.3. The SMILES string of the molecule is CCCCCCCC/C=C\CCCCCCCC(=O)O.[CH2-]C.[CH2-]C.[Co+2]. The second-order valence-corrected chi connectivity index (χ2v) is 5.73. The first-order valence-corrected chi connectivity index (χ1v) is 10.1. The van der Waals surface area contributed by atoms with E-state index >= 15 is 0 Å². The smallest absolute Gasteiger partial charge is 0.481 e. The van der Waals surface area contributed by atoms with Crippen molar-refractivity contribution in [2.75, 3.05) is 0 Å². The Morgan fingerprint density at radius 1 is 0.720 bits per heavy atom. The molecule has 0 fully saturated rings. The van der Waals surface area contributed by atoms with Crippen LogP contribution in [-0.4, -0.2) is 11.1 Å². The minimum Gasteiger partial charge on any atom is -0.481 e. The number of hydrogen-bond donors (Lipinski definition) is 1. The molecule has 1 N–H and O–H groups in total. The largest absolute Gasteiger partial charge is 2.00 e. The van der Waals surface area contributed by atoms with Gasteiger partial charge in [-0.05, 0) is 32.1 Å². The van der Waals surface area contributed by atoms with Crippen LogP contribution in [0.25, 0.3) is 0 Å². The number of unbranched alkanes of at least 4 members (excludes halogenated alkanes) is 11. The monoisotopic (exact) mass is 399 g/mol. The van der Waals surface area contributed by atoms with E-state index in [0.29, 0.717) is 6.42 Å². The fourth-order valence-electron chi connectivity index (χ4n) is 2.35. The van der Waals surface area contributed by atoms with Crippen LogP contribution in [-0.2, 0) is 21.6 Å². The van der Waals surface area contributed by atoms with Gasteiger partial charge in [0.25, 0.3) is 0 Å². The quantitative estimate of drug-likeness (QED) is 0.173.